The number of nitrogens with zero attached hydrogens (tertiary/aromatic N) is 2. The Hall–Kier alpha value is -7.36. The standard InChI is InChI=1S/C58H44N2O/c1-58(2)37-41-17-9-10-20-46(41)47-34-33-45(35-52(47)58)59(42-18-7-4-8-19-42)43-29-31-44(32-30-43)60-53-23-13-11-22-49(53)55-50(40-27-25-39(26-28-40)38-15-5-3-6-16-38)36-51-48-21-12-14-24-54(48)61-57(51)56(55)60/h3-33,35-36,47H,34,37H2,1-2H3. The highest BCUT2D eigenvalue weighted by atomic mass is 16.3. The second kappa shape index (κ2) is 13.9. The number of benzene rings is 8. The molecule has 0 amide bonds. The molecule has 3 heteroatoms. The lowest BCUT2D eigenvalue weighted by atomic mass is 9.63. The summed E-state index contributed by atoms with van der Waals surface area (Å²) in [6, 6.07) is 68.3. The van der Waals surface area contributed by atoms with E-state index in [4.69, 9.17) is 4.42 Å². The summed E-state index contributed by atoms with van der Waals surface area (Å²) in [4.78, 5) is 2.43. The first-order valence-electron chi connectivity index (χ1n) is 21.5. The Morgan fingerprint density at radius 2 is 1.23 bits per heavy atom. The second-order valence-electron chi connectivity index (χ2n) is 17.4. The average molecular weight is 785 g/mol. The van der Waals surface area contributed by atoms with E-state index in [9.17, 15) is 0 Å². The van der Waals surface area contributed by atoms with Crippen molar-refractivity contribution in [2.24, 2.45) is 5.41 Å². The zero-order valence-corrected chi connectivity index (χ0v) is 34.3. The number of anilines is 2. The van der Waals surface area contributed by atoms with Crippen LogP contribution >= 0.6 is 0 Å². The van der Waals surface area contributed by atoms with E-state index >= 15 is 0 Å². The summed E-state index contributed by atoms with van der Waals surface area (Å²) in [5, 5.41) is 4.62. The topological polar surface area (TPSA) is 21.3 Å². The summed E-state index contributed by atoms with van der Waals surface area (Å²) < 4.78 is 9.28. The van der Waals surface area contributed by atoms with Gasteiger partial charge in [-0.15, -0.1) is 0 Å². The van der Waals surface area contributed by atoms with Crippen LogP contribution in [0.4, 0.5) is 11.4 Å². The number of furan rings is 1. The summed E-state index contributed by atoms with van der Waals surface area (Å²) >= 11 is 0. The number of fused-ring (bicyclic) bond motifs is 10. The maximum Gasteiger partial charge on any atom is 0.160 e. The lowest BCUT2D eigenvalue weighted by molar-refractivity contribution is 0.386. The minimum absolute atomic E-state index is 0.0616. The minimum atomic E-state index is 0.0616. The molecule has 2 aliphatic rings. The van der Waals surface area contributed by atoms with Crippen LogP contribution in [0.2, 0.25) is 0 Å². The van der Waals surface area contributed by atoms with Gasteiger partial charge in [0.15, 0.2) is 5.58 Å². The Labute approximate surface area is 356 Å². The molecule has 2 heterocycles. The van der Waals surface area contributed by atoms with Gasteiger partial charge in [0.05, 0.1) is 11.0 Å². The van der Waals surface area contributed by atoms with Crippen LogP contribution in [0, 0.1) is 5.41 Å². The Morgan fingerprint density at radius 1 is 0.590 bits per heavy atom. The third-order valence-electron chi connectivity index (χ3n) is 13.3. The van der Waals surface area contributed by atoms with Crippen LogP contribution in [0.25, 0.3) is 71.7 Å². The zero-order chi connectivity index (χ0) is 40.7. The van der Waals surface area contributed by atoms with Crippen molar-refractivity contribution in [1.29, 1.82) is 0 Å². The number of aromatic nitrogens is 1. The molecule has 12 rings (SSSR count). The van der Waals surface area contributed by atoms with E-state index in [2.05, 4.69) is 224 Å². The zero-order valence-electron chi connectivity index (χ0n) is 34.3. The fourth-order valence-corrected chi connectivity index (χ4v) is 10.5. The highest BCUT2D eigenvalue weighted by Crippen LogP contribution is 2.51. The molecule has 8 aromatic carbocycles. The summed E-state index contributed by atoms with van der Waals surface area (Å²) in [5.74, 6) is 0.403. The van der Waals surface area contributed by atoms with Gasteiger partial charge in [0, 0.05) is 50.2 Å². The summed E-state index contributed by atoms with van der Waals surface area (Å²) in [5.41, 5.74) is 17.9. The molecule has 61 heavy (non-hydrogen) atoms. The van der Waals surface area contributed by atoms with Gasteiger partial charge < -0.3 is 13.9 Å². The molecule has 2 aromatic heterocycles. The highest BCUT2D eigenvalue weighted by molar-refractivity contribution is 6.26. The van der Waals surface area contributed by atoms with Gasteiger partial charge in [0.25, 0.3) is 0 Å². The number of hydrogen-bond donors (Lipinski definition) is 0. The molecular weight excluding hydrogens is 741 g/mol. The van der Waals surface area contributed by atoms with Crippen LogP contribution in [-0.4, -0.2) is 4.57 Å². The van der Waals surface area contributed by atoms with Gasteiger partial charge in [0.1, 0.15) is 5.58 Å². The smallest absolute Gasteiger partial charge is 0.160 e. The molecule has 1 atom stereocenters. The van der Waals surface area contributed by atoms with Crippen molar-refractivity contribution < 1.29 is 4.42 Å². The second-order valence-corrected chi connectivity index (χ2v) is 17.4. The molecule has 292 valence electrons. The van der Waals surface area contributed by atoms with E-state index in [0.717, 1.165) is 62.9 Å². The molecule has 0 saturated heterocycles. The van der Waals surface area contributed by atoms with Gasteiger partial charge in [-0.25, -0.2) is 0 Å². The lowest BCUT2D eigenvalue weighted by Gasteiger charge is -2.43. The first kappa shape index (κ1) is 35.6. The van der Waals surface area contributed by atoms with Gasteiger partial charge in [0.2, 0.25) is 0 Å². The average Bonchev–Trinajstić information content (AvgIpc) is 3.86. The third kappa shape index (κ3) is 5.72. The van der Waals surface area contributed by atoms with Gasteiger partial charge in [-0.3, -0.25) is 0 Å². The normalized spacial score (nSPS) is 15.7. The van der Waals surface area contributed by atoms with Gasteiger partial charge in [-0.1, -0.05) is 159 Å². The van der Waals surface area contributed by atoms with Crippen molar-refractivity contribution in [3.63, 3.8) is 0 Å². The van der Waals surface area contributed by atoms with E-state index in [1.807, 2.05) is 0 Å². The van der Waals surface area contributed by atoms with E-state index in [1.165, 1.54) is 55.4 Å². The van der Waals surface area contributed by atoms with Crippen molar-refractivity contribution >= 4 is 55.1 Å². The fourth-order valence-electron chi connectivity index (χ4n) is 10.5. The third-order valence-corrected chi connectivity index (χ3v) is 13.3. The molecule has 0 aliphatic heterocycles. The van der Waals surface area contributed by atoms with E-state index in [1.54, 1.807) is 0 Å². The molecular formula is C58H44N2O. The molecule has 3 nitrogen and oxygen atoms in total. The number of hydrogen-bond acceptors (Lipinski definition) is 2. The number of para-hydroxylation sites is 3. The quantitative estimate of drug-likeness (QED) is 0.167. The molecule has 0 saturated carbocycles. The van der Waals surface area contributed by atoms with Crippen LogP contribution in [0.15, 0.2) is 216 Å². The van der Waals surface area contributed by atoms with Crippen LogP contribution in [0.1, 0.15) is 37.3 Å². The van der Waals surface area contributed by atoms with Gasteiger partial charge in [-0.05, 0) is 112 Å². The molecule has 10 aromatic rings. The van der Waals surface area contributed by atoms with Crippen molar-refractivity contribution in [3.8, 4) is 27.9 Å². The molecule has 0 radical (unpaired) electrons. The first-order valence-corrected chi connectivity index (χ1v) is 21.5. The molecule has 0 fully saturated rings. The Morgan fingerprint density at radius 3 is 2.03 bits per heavy atom. The largest absolute Gasteiger partial charge is 0.454 e. The summed E-state index contributed by atoms with van der Waals surface area (Å²) in [6.45, 7) is 4.84. The predicted octanol–water partition coefficient (Wildman–Crippen LogP) is 15.7. The van der Waals surface area contributed by atoms with Gasteiger partial charge in [-0.2, -0.15) is 0 Å². The Bertz CT molecular complexity index is 3360. The van der Waals surface area contributed by atoms with Crippen molar-refractivity contribution in [3.05, 3.63) is 223 Å². The number of rotatable bonds is 6. The van der Waals surface area contributed by atoms with Crippen LogP contribution in [-0.2, 0) is 6.42 Å². The fraction of sp³-hybridized carbons (Fsp3) is 0.103. The van der Waals surface area contributed by atoms with E-state index in [0.29, 0.717) is 5.92 Å². The predicted molar refractivity (Wildman–Crippen MR) is 255 cm³/mol. The van der Waals surface area contributed by atoms with Gasteiger partial charge >= 0.3 is 0 Å². The first-order chi connectivity index (χ1) is 30.0. The molecule has 0 bridgehead atoms. The Kier molecular flexibility index (Phi) is 8.08. The van der Waals surface area contributed by atoms with Crippen molar-refractivity contribution in [2.75, 3.05) is 4.90 Å². The van der Waals surface area contributed by atoms with Crippen molar-refractivity contribution in [1.82, 2.24) is 4.57 Å². The SMILES string of the molecule is CC1(C)Cc2ccccc2C2CC=C(N(c3ccccc3)c3ccc(-n4c5ccccc5c5c(-c6ccc(-c7ccccc7)cc6)cc6c7ccccc7oc6c54)cc3)C=C21. The van der Waals surface area contributed by atoms with Crippen molar-refractivity contribution in [2.45, 2.75) is 32.6 Å². The molecule has 2 aliphatic carbocycles. The van der Waals surface area contributed by atoms with E-state index < -0.39 is 0 Å². The molecule has 0 spiro atoms. The maximum absolute atomic E-state index is 6.86. The summed E-state index contributed by atoms with van der Waals surface area (Å²) in [7, 11) is 0. The molecule has 0 N–H and O–H groups in total. The van der Waals surface area contributed by atoms with Crippen LogP contribution < -0.4 is 4.90 Å². The van der Waals surface area contributed by atoms with Crippen LogP contribution in [0.3, 0.4) is 0 Å². The monoisotopic (exact) mass is 784 g/mol. The summed E-state index contributed by atoms with van der Waals surface area (Å²) in [6.07, 6.45) is 6.97. The Balaban J connectivity index is 1.03. The minimum Gasteiger partial charge on any atom is -0.454 e. The van der Waals surface area contributed by atoms with E-state index in [-0.39, 0.29) is 5.41 Å². The lowest BCUT2D eigenvalue weighted by Crippen LogP contribution is -2.31. The number of allylic oxidation sites excluding steroid dienone is 3. The van der Waals surface area contributed by atoms with Crippen LogP contribution in [0.5, 0.6) is 0 Å². The maximum atomic E-state index is 6.86. The molecule has 1 unspecified atom stereocenters. The highest BCUT2D eigenvalue weighted by Gasteiger charge is 2.38.